The molecule has 230 valence electrons. The lowest BCUT2D eigenvalue weighted by molar-refractivity contribution is -0.145. The first-order valence-electron chi connectivity index (χ1n) is 13.9. The van der Waals surface area contributed by atoms with Gasteiger partial charge in [0.25, 0.3) is 8.53 Å². The minimum absolute atomic E-state index is 0.0934. The second-order valence-electron chi connectivity index (χ2n) is 8.91. The van der Waals surface area contributed by atoms with Crippen molar-refractivity contribution in [3.05, 3.63) is 59.7 Å². The predicted molar refractivity (Wildman–Crippen MR) is 155 cm³/mol. The van der Waals surface area contributed by atoms with Crippen LogP contribution in [0.3, 0.4) is 0 Å². The molecule has 0 aliphatic carbocycles. The van der Waals surface area contributed by atoms with E-state index in [1.165, 1.54) is 13.8 Å². The summed E-state index contributed by atoms with van der Waals surface area (Å²) in [6.45, 7) is 11.5. The Kier molecular flexibility index (Phi) is 15.1. The molecular weight excluding hydrogens is 565 g/mol. The second kappa shape index (κ2) is 18.2. The van der Waals surface area contributed by atoms with Gasteiger partial charge in [-0.25, -0.2) is 4.67 Å². The maximum atomic E-state index is 12.6. The zero-order valence-electron chi connectivity index (χ0n) is 25.0. The Labute approximate surface area is 248 Å². The molecule has 0 heterocycles. The van der Waals surface area contributed by atoms with Gasteiger partial charge in [-0.1, -0.05) is 38.1 Å². The number of hydrogen-bond donors (Lipinski definition) is 0. The smallest absolute Gasteiger partial charge is 0.308 e. The molecule has 2 aromatic carbocycles. The zero-order chi connectivity index (χ0) is 31.1. The zero-order valence-corrected chi connectivity index (χ0v) is 25.9. The normalized spacial score (nSPS) is 13.1. The number of benzene rings is 2. The average Bonchev–Trinajstić information content (AvgIpc) is 2.93. The van der Waals surface area contributed by atoms with E-state index in [1.54, 1.807) is 62.4 Å². The maximum Gasteiger partial charge on any atom is 0.308 e. The molecule has 0 radical (unpaired) electrons. The molecule has 11 nitrogen and oxygen atoms in total. The van der Waals surface area contributed by atoms with Gasteiger partial charge in [0.05, 0.1) is 26.1 Å². The van der Waals surface area contributed by atoms with Crippen LogP contribution in [-0.4, -0.2) is 54.9 Å². The molecule has 0 aromatic heterocycles. The summed E-state index contributed by atoms with van der Waals surface area (Å²) >= 11 is 0. The molecule has 0 N–H and O–H groups in total. The summed E-state index contributed by atoms with van der Waals surface area (Å²) in [5, 5.41) is 0. The lowest BCUT2D eigenvalue weighted by Gasteiger charge is -2.33. The molecule has 2 rings (SSSR count). The summed E-state index contributed by atoms with van der Waals surface area (Å²) < 4.78 is 35.7. The Balaban J connectivity index is 2.44. The van der Waals surface area contributed by atoms with Crippen LogP contribution in [0.4, 0.5) is 0 Å². The monoisotopic (exact) mass is 605 g/mol. The summed E-state index contributed by atoms with van der Waals surface area (Å²) in [6.07, 6.45) is -1.72. The van der Waals surface area contributed by atoms with Gasteiger partial charge in [-0.15, -0.1) is 0 Å². The lowest BCUT2D eigenvalue weighted by Crippen LogP contribution is -2.23. The van der Waals surface area contributed by atoms with Crippen molar-refractivity contribution in [2.75, 3.05) is 26.3 Å². The van der Waals surface area contributed by atoms with Crippen molar-refractivity contribution < 1.29 is 47.2 Å². The topological polar surface area (TPSA) is 127 Å². The maximum absolute atomic E-state index is 12.6. The highest BCUT2D eigenvalue weighted by Gasteiger charge is 2.31. The number of nitrogens with zero attached hydrogens (tertiary/aromatic N) is 1. The van der Waals surface area contributed by atoms with Crippen LogP contribution < -0.4 is 9.47 Å². The van der Waals surface area contributed by atoms with Gasteiger partial charge in [0.1, 0.15) is 23.7 Å². The summed E-state index contributed by atoms with van der Waals surface area (Å²) in [5.41, 5.74) is 1.30. The van der Waals surface area contributed by atoms with Crippen LogP contribution in [-0.2, 0) is 37.7 Å². The number of hydrogen-bond acceptors (Lipinski definition) is 11. The molecule has 2 unspecified atom stereocenters. The first-order chi connectivity index (χ1) is 20.1. The van der Waals surface area contributed by atoms with Crippen LogP contribution >= 0.6 is 8.53 Å². The van der Waals surface area contributed by atoms with Gasteiger partial charge in [-0.2, -0.15) is 0 Å². The number of esters is 4. The fourth-order valence-corrected chi connectivity index (χ4v) is 5.44. The second-order valence-corrected chi connectivity index (χ2v) is 10.4. The molecule has 2 atom stereocenters. The third kappa shape index (κ3) is 11.9. The fourth-order valence-electron chi connectivity index (χ4n) is 3.84. The van der Waals surface area contributed by atoms with Crippen molar-refractivity contribution in [3.8, 4) is 11.5 Å². The van der Waals surface area contributed by atoms with Gasteiger partial charge < -0.3 is 28.0 Å². The van der Waals surface area contributed by atoms with Gasteiger partial charge in [-0.3, -0.25) is 19.2 Å². The summed E-state index contributed by atoms with van der Waals surface area (Å²) in [7, 11) is -1.83. The largest absolute Gasteiger partial charge is 0.466 e. The molecule has 0 aliphatic rings. The minimum atomic E-state index is -1.83. The van der Waals surface area contributed by atoms with Gasteiger partial charge >= 0.3 is 23.9 Å². The average molecular weight is 606 g/mol. The third-order valence-corrected chi connectivity index (χ3v) is 7.63. The van der Waals surface area contributed by atoms with E-state index in [-0.39, 0.29) is 26.1 Å². The van der Waals surface area contributed by atoms with Crippen molar-refractivity contribution >= 4 is 32.4 Å². The Morgan fingerprint density at radius 1 is 0.643 bits per heavy atom. The number of ether oxygens (including phenoxy) is 4. The Hall–Kier alpha value is -3.37. The molecule has 0 saturated carbocycles. The lowest BCUT2D eigenvalue weighted by atomic mass is 10.1. The summed E-state index contributed by atoms with van der Waals surface area (Å²) in [5.74, 6) is -1.09. The number of carbonyl (C=O) groups is 4. The molecule has 42 heavy (non-hydrogen) atoms. The predicted octanol–water partition coefficient (Wildman–Crippen LogP) is 5.83. The number of rotatable bonds is 17. The molecule has 0 bridgehead atoms. The van der Waals surface area contributed by atoms with E-state index in [9.17, 15) is 19.2 Å². The quantitative estimate of drug-likeness (QED) is 0.123. The van der Waals surface area contributed by atoms with Gasteiger partial charge in [-0.05, 0) is 49.2 Å². The van der Waals surface area contributed by atoms with Crippen LogP contribution in [0.2, 0.25) is 0 Å². The van der Waals surface area contributed by atoms with Crippen molar-refractivity contribution in [2.45, 2.75) is 66.6 Å². The molecule has 2 aromatic rings. The van der Waals surface area contributed by atoms with E-state index in [0.29, 0.717) is 35.7 Å². The van der Waals surface area contributed by atoms with E-state index in [4.69, 9.17) is 28.0 Å². The van der Waals surface area contributed by atoms with Crippen molar-refractivity contribution in [1.29, 1.82) is 0 Å². The summed E-state index contributed by atoms with van der Waals surface area (Å²) in [4.78, 5) is 47.9. The van der Waals surface area contributed by atoms with Crippen molar-refractivity contribution in [3.63, 3.8) is 0 Å². The SMILES string of the molecule is CCOC(=O)CC(OP(OC(CC(=O)OCC)c1ccc(OC(C)=O)cc1)N(CC)CC)c1ccc(OC(C)=O)cc1. The fraction of sp³-hybridized carbons (Fsp3) is 0.467. The molecule has 0 spiro atoms. The Bertz CT molecular complexity index is 1070. The van der Waals surface area contributed by atoms with Crippen LogP contribution in [0.1, 0.15) is 77.7 Å². The van der Waals surface area contributed by atoms with Gasteiger partial charge in [0.15, 0.2) is 0 Å². The first kappa shape index (κ1) is 34.8. The van der Waals surface area contributed by atoms with E-state index >= 15 is 0 Å². The Morgan fingerprint density at radius 2 is 1.00 bits per heavy atom. The Morgan fingerprint density at radius 3 is 1.29 bits per heavy atom. The molecule has 0 aliphatic heterocycles. The molecular formula is C30H40NO10P. The third-order valence-electron chi connectivity index (χ3n) is 5.74. The molecule has 12 heteroatoms. The van der Waals surface area contributed by atoms with Crippen LogP contribution in [0, 0.1) is 0 Å². The molecule has 0 fully saturated rings. The van der Waals surface area contributed by atoms with E-state index in [0.717, 1.165) is 0 Å². The molecule has 0 amide bonds. The van der Waals surface area contributed by atoms with Gasteiger partial charge in [0.2, 0.25) is 0 Å². The highest BCUT2D eigenvalue weighted by molar-refractivity contribution is 7.44. The highest BCUT2D eigenvalue weighted by atomic mass is 31.2. The standard InChI is InChI=1S/C30H40NO10P/c1-7-31(8-2)42(40-27(19-29(34)36-9-3)23-11-15-25(16-12-23)38-21(5)32)41-28(20-30(35)37-10-4)24-13-17-26(18-14-24)39-22(6)33/h11-18,27-28H,7-10,19-20H2,1-6H3. The van der Waals surface area contributed by atoms with Crippen LogP contribution in [0.25, 0.3) is 0 Å². The van der Waals surface area contributed by atoms with E-state index < -0.39 is 44.6 Å². The summed E-state index contributed by atoms with van der Waals surface area (Å²) in [6, 6.07) is 13.3. The van der Waals surface area contributed by atoms with Gasteiger partial charge in [0, 0.05) is 26.9 Å². The molecule has 0 saturated heterocycles. The minimum Gasteiger partial charge on any atom is -0.466 e. The van der Waals surface area contributed by atoms with Crippen molar-refractivity contribution in [1.82, 2.24) is 4.67 Å². The van der Waals surface area contributed by atoms with Crippen LogP contribution in [0.5, 0.6) is 11.5 Å². The van der Waals surface area contributed by atoms with Crippen molar-refractivity contribution in [2.24, 2.45) is 0 Å². The number of carbonyl (C=O) groups excluding carboxylic acids is 4. The van der Waals surface area contributed by atoms with E-state index in [1.807, 2.05) is 18.5 Å². The first-order valence-corrected chi connectivity index (χ1v) is 15.0. The van der Waals surface area contributed by atoms with E-state index in [2.05, 4.69) is 0 Å². The van der Waals surface area contributed by atoms with Crippen LogP contribution in [0.15, 0.2) is 48.5 Å². The highest BCUT2D eigenvalue weighted by Crippen LogP contribution is 2.52.